The summed E-state index contributed by atoms with van der Waals surface area (Å²) in [6.07, 6.45) is -4.67. The van der Waals surface area contributed by atoms with Crippen molar-refractivity contribution in [3.8, 4) is 10.6 Å². The SMILES string of the molecule is Cc1nc(-c2ccccc2)sc1C(=O)N1C[C@@H](C(F)(F)F)[C@H](C(=O)O)C1. The summed E-state index contributed by atoms with van der Waals surface area (Å²) in [5.74, 6) is -5.87. The van der Waals surface area contributed by atoms with E-state index in [0.29, 0.717) is 10.7 Å². The van der Waals surface area contributed by atoms with Crippen molar-refractivity contribution < 1.29 is 27.9 Å². The van der Waals surface area contributed by atoms with Crippen LogP contribution in [0.25, 0.3) is 10.6 Å². The summed E-state index contributed by atoms with van der Waals surface area (Å²) in [6.45, 7) is 0.496. The van der Waals surface area contributed by atoms with Crippen LogP contribution < -0.4 is 0 Å². The smallest absolute Gasteiger partial charge is 0.394 e. The minimum absolute atomic E-state index is 0.232. The van der Waals surface area contributed by atoms with E-state index in [1.165, 1.54) is 0 Å². The van der Waals surface area contributed by atoms with Gasteiger partial charge in [0.05, 0.1) is 17.5 Å². The highest BCUT2D eigenvalue weighted by Gasteiger charge is 2.53. The first-order valence-electron chi connectivity index (χ1n) is 7.80. The zero-order valence-corrected chi connectivity index (χ0v) is 14.5. The molecule has 2 heterocycles. The lowest BCUT2D eigenvalue weighted by Crippen LogP contribution is -2.34. The molecule has 138 valence electrons. The Bertz CT molecular complexity index is 836. The summed E-state index contributed by atoms with van der Waals surface area (Å²) >= 11 is 1.09. The Hall–Kier alpha value is -2.42. The maximum Gasteiger partial charge on any atom is 0.394 e. The number of amides is 1. The molecule has 0 saturated carbocycles. The van der Waals surface area contributed by atoms with Gasteiger partial charge in [-0.2, -0.15) is 13.2 Å². The van der Waals surface area contributed by atoms with Crippen LogP contribution in [-0.2, 0) is 4.79 Å². The summed E-state index contributed by atoms with van der Waals surface area (Å²) in [6, 6.07) is 9.12. The third-order valence-corrected chi connectivity index (χ3v) is 5.55. The number of carbonyl (C=O) groups excluding carboxylic acids is 1. The van der Waals surface area contributed by atoms with Gasteiger partial charge in [-0.15, -0.1) is 11.3 Å². The monoisotopic (exact) mass is 384 g/mol. The van der Waals surface area contributed by atoms with Crippen molar-refractivity contribution in [2.45, 2.75) is 13.1 Å². The second-order valence-electron chi connectivity index (χ2n) is 6.10. The predicted molar refractivity (Wildman–Crippen MR) is 88.9 cm³/mol. The molecule has 1 N–H and O–H groups in total. The summed E-state index contributed by atoms with van der Waals surface area (Å²) in [5, 5.41) is 9.67. The average molecular weight is 384 g/mol. The highest BCUT2D eigenvalue weighted by atomic mass is 32.1. The first kappa shape index (κ1) is 18.4. The summed E-state index contributed by atoms with van der Waals surface area (Å²) in [7, 11) is 0. The van der Waals surface area contributed by atoms with E-state index in [4.69, 9.17) is 5.11 Å². The molecule has 1 aromatic carbocycles. The van der Waals surface area contributed by atoms with Crippen LogP contribution in [0, 0.1) is 18.8 Å². The molecule has 2 aromatic rings. The maximum atomic E-state index is 13.1. The number of carbonyl (C=O) groups is 2. The lowest BCUT2D eigenvalue weighted by atomic mass is 9.96. The van der Waals surface area contributed by atoms with Gasteiger partial charge in [-0.25, -0.2) is 4.98 Å². The predicted octanol–water partition coefficient (Wildman–Crippen LogP) is 3.45. The van der Waals surface area contributed by atoms with E-state index in [9.17, 15) is 22.8 Å². The molecular formula is C17H15F3N2O3S. The third-order valence-electron chi connectivity index (χ3n) is 4.36. The summed E-state index contributed by atoms with van der Waals surface area (Å²) in [4.78, 5) is 29.4. The van der Waals surface area contributed by atoms with E-state index in [-0.39, 0.29) is 4.88 Å². The Balaban J connectivity index is 1.86. The van der Waals surface area contributed by atoms with Gasteiger partial charge in [-0.3, -0.25) is 9.59 Å². The normalized spacial score (nSPS) is 20.4. The molecule has 3 rings (SSSR count). The molecule has 26 heavy (non-hydrogen) atoms. The topological polar surface area (TPSA) is 70.5 Å². The summed E-state index contributed by atoms with van der Waals surface area (Å²) in [5.41, 5.74) is 1.22. The molecule has 0 bridgehead atoms. The van der Waals surface area contributed by atoms with E-state index in [2.05, 4.69) is 4.98 Å². The zero-order valence-electron chi connectivity index (χ0n) is 13.7. The van der Waals surface area contributed by atoms with Gasteiger partial charge in [0.25, 0.3) is 5.91 Å². The van der Waals surface area contributed by atoms with Crippen LogP contribution in [0.3, 0.4) is 0 Å². The van der Waals surface area contributed by atoms with Gasteiger partial charge in [0.15, 0.2) is 0 Å². The minimum Gasteiger partial charge on any atom is -0.481 e. The second kappa shape index (κ2) is 6.71. The molecule has 1 fully saturated rings. The van der Waals surface area contributed by atoms with Gasteiger partial charge in [0.1, 0.15) is 9.88 Å². The Morgan fingerprint density at radius 2 is 1.88 bits per heavy atom. The molecule has 2 atom stereocenters. The third kappa shape index (κ3) is 3.44. The number of alkyl halides is 3. The van der Waals surface area contributed by atoms with E-state index >= 15 is 0 Å². The molecule has 5 nitrogen and oxygen atoms in total. The summed E-state index contributed by atoms with van der Waals surface area (Å²) < 4.78 is 39.3. The molecule has 1 aliphatic heterocycles. The second-order valence-corrected chi connectivity index (χ2v) is 7.10. The van der Waals surface area contributed by atoms with Crippen LogP contribution >= 0.6 is 11.3 Å². The van der Waals surface area contributed by atoms with Crippen LogP contribution in [0.15, 0.2) is 30.3 Å². The fraction of sp³-hybridized carbons (Fsp3) is 0.353. The fourth-order valence-corrected chi connectivity index (χ4v) is 4.03. The van der Waals surface area contributed by atoms with Crippen molar-refractivity contribution >= 4 is 23.2 Å². The molecule has 0 unspecified atom stereocenters. The van der Waals surface area contributed by atoms with Gasteiger partial charge in [-0.05, 0) is 6.92 Å². The van der Waals surface area contributed by atoms with E-state index in [1.54, 1.807) is 6.92 Å². The van der Waals surface area contributed by atoms with Crippen LogP contribution in [0.4, 0.5) is 13.2 Å². The van der Waals surface area contributed by atoms with Gasteiger partial charge < -0.3 is 10.0 Å². The Kier molecular flexibility index (Phi) is 4.74. The average Bonchev–Trinajstić information content (AvgIpc) is 3.19. The largest absolute Gasteiger partial charge is 0.481 e. The Morgan fingerprint density at radius 1 is 1.23 bits per heavy atom. The number of aliphatic carboxylic acids is 1. The standard InChI is InChI=1S/C17H15F3N2O3S/c1-9-13(26-14(21-9)10-5-3-2-4-6-10)15(23)22-7-11(16(24)25)12(8-22)17(18,19)20/h2-6,11-12H,7-8H2,1H3,(H,24,25)/t11-,12-/m1/s1. The van der Waals surface area contributed by atoms with Crippen molar-refractivity contribution in [3.63, 3.8) is 0 Å². The molecular weight excluding hydrogens is 369 g/mol. The Labute approximate surface area is 151 Å². The van der Waals surface area contributed by atoms with E-state index in [1.807, 2.05) is 30.3 Å². The molecule has 0 spiro atoms. The lowest BCUT2D eigenvalue weighted by Gasteiger charge is -2.18. The number of benzene rings is 1. The van der Waals surface area contributed by atoms with E-state index in [0.717, 1.165) is 21.8 Å². The number of hydrogen-bond donors (Lipinski definition) is 1. The van der Waals surface area contributed by atoms with Crippen molar-refractivity contribution in [3.05, 3.63) is 40.9 Å². The number of aryl methyl sites for hydroxylation is 1. The molecule has 1 aromatic heterocycles. The van der Waals surface area contributed by atoms with Crippen LogP contribution in [0.2, 0.25) is 0 Å². The number of rotatable bonds is 3. The van der Waals surface area contributed by atoms with Gasteiger partial charge >= 0.3 is 12.1 Å². The van der Waals surface area contributed by atoms with Gasteiger partial charge in [0, 0.05) is 18.7 Å². The number of halogens is 3. The van der Waals surface area contributed by atoms with Crippen molar-refractivity contribution in [1.82, 2.24) is 9.88 Å². The van der Waals surface area contributed by atoms with Crippen LogP contribution in [0.1, 0.15) is 15.4 Å². The molecule has 0 aliphatic carbocycles. The minimum atomic E-state index is -4.67. The number of likely N-dealkylation sites (tertiary alicyclic amines) is 1. The first-order chi connectivity index (χ1) is 12.2. The number of carboxylic acids is 1. The van der Waals surface area contributed by atoms with Gasteiger partial charge in [0.2, 0.25) is 0 Å². The fourth-order valence-electron chi connectivity index (χ4n) is 2.99. The number of thiazole rings is 1. The number of nitrogens with zero attached hydrogens (tertiary/aromatic N) is 2. The quantitative estimate of drug-likeness (QED) is 0.880. The molecule has 9 heteroatoms. The van der Waals surface area contributed by atoms with E-state index < -0.39 is 43.0 Å². The zero-order chi connectivity index (χ0) is 19.1. The molecule has 1 saturated heterocycles. The maximum absolute atomic E-state index is 13.1. The number of aromatic nitrogens is 1. The first-order valence-corrected chi connectivity index (χ1v) is 8.61. The van der Waals surface area contributed by atoms with Crippen molar-refractivity contribution in [2.24, 2.45) is 11.8 Å². The molecule has 1 amide bonds. The highest BCUT2D eigenvalue weighted by Crippen LogP contribution is 2.39. The lowest BCUT2D eigenvalue weighted by molar-refractivity contribution is -0.187. The van der Waals surface area contributed by atoms with Crippen LogP contribution in [0.5, 0.6) is 0 Å². The van der Waals surface area contributed by atoms with Crippen LogP contribution in [-0.4, -0.2) is 46.1 Å². The molecule has 1 aliphatic rings. The Morgan fingerprint density at radius 3 is 2.42 bits per heavy atom. The molecule has 0 radical (unpaired) electrons. The van der Waals surface area contributed by atoms with Crippen molar-refractivity contribution in [2.75, 3.05) is 13.1 Å². The van der Waals surface area contributed by atoms with Gasteiger partial charge in [-0.1, -0.05) is 30.3 Å². The van der Waals surface area contributed by atoms with Crippen molar-refractivity contribution in [1.29, 1.82) is 0 Å². The highest BCUT2D eigenvalue weighted by molar-refractivity contribution is 7.17. The number of hydrogen-bond acceptors (Lipinski definition) is 4. The number of carboxylic acid groups (broad SMARTS) is 1.